The fourth-order valence-electron chi connectivity index (χ4n) is 3.03. The molecule has 2 aliphatic rings. The first-order valence-corrected chi connectivity index (χ1v) is 7.07. The first-order chi connectivity index (χ1) is 8.41. The Morgan fingerprint density at radius 3 is 1.83 bits per heavy atom. The van der Waals surface area contributed by atoms with Gasteiger partial charge in [-0.25, -0.2) is 0 Å². The predicted octanol–water partition coefficient (Wildman–Crippen LogP) is 4.62. The highest BCUT2D eigenvalue weighted by Gasteiger charge is 2.30. The second-order valence-electron chi connectivity index (χ2n) is 6.24. The number of likely N-dealkylation sites (tertiary alicyclic amines) is 1. The molecule has 4 heteroatoms. The van der Waals surface area contributed by atoms with Gasteiger partial charge in [0.2, 0.25) is 0 Å². The van der Waals surface area contributed by atoms with Crippen molar-refractivity contribution >= 4 is 0 Å². The highest BCUT2D eigenvalue weighted by Crippen LogP contribution is 2.37. The van der Waals surface area contributed by atoms with Crippen LogP contribution >= 0.6 is 0 Å². The lowest BCUT2D eigenvalue weighted by Crippen LogP contribution is -2.42. The summed E-state index contributed by atoms with van der Waals surface area (Å²) in [5.41, 5.74) is 0.631. The van der Waals surface area contributed by atoms with Gasteiger partial charge in [-0.2, -0.15) is 13.2 Å². The molecule has 1 saturated carbocycles. The molecule has 0 amide bonds. The molecule has 108 valence electrons. The third kappa shape index (κ3) is 6.07. The molecule has 0 bridgehead atoms. The lowest BCUT2D eigenvalue weighted by molar-refractivity contribution is 0.00819. The molecule has 0 atom stereocenters. The molecule has 0 radical (unpaired) electrons. The number of rotatable bonds is 1. The third-order valence-electron chi connectivity index (χ3n) is 4.22. The van der Waals surface area contributed by atoms with Crippen molar-refractivity contribution in [2.24, 2.45) is 5.41 Å². The van der Waals surface area contributed by atoms with Gasteiger partial charge in [0, 0.05) is 6.04 Å². The van der Waals surface area contributed by atoms with Gasteiger partial charge in [-0.15, -0.1) is 0 Å². The van der Waals surface area contributed by atoms with E-state index in [0.29, 0.717) is 5.41 Å². The highest BCUT2D eigenvalue weighted by atomic mass is 19.4. The topological polar surface area (TPSA) is 3.24 Å². The largest absolute Gasteiger partial charge is 0.379 e. The maximum atomic E-state index is 9.67. The highest BCUT2D eigenvalue weighted by molar-refractivity contribution is 4.84. The Bertz CT molecular complexity index is 212. The van der Waals surface area contributed by atoms with Crippen molar-refractivity contribution < 1.29 is 13.2 Å². The van der Waals surface area contributed by atoms with Gasteiger partial charge < -0.3 is 4.90 Å². The summed E-state index contributed by atoms with van der Waals surface area (Å²) in [5, 5.41) is 0. The van der Waals surface area contributed by atoms with Crippen LogP contribution in [0.25, 0.3) is 0 Å². The van der Waals surface area contributed by atoms with Crippen molar-refractivity contribution in [1.29, 1.82) is 0 Å². The SMILES string of the molecule is CC1(C)CCC(N2CCCCC2)CC1.FC(F)F. The molecule has 18 heavy (non-hydrogen) atoms. The molecule has 1 aliphatic heterocycles. The van der Waals surface area contributed by atoms with E-state index in [2.05, 4.69) is 18.7 Å². The van der Waals surface area contributed by atoms with E-state index in [1.54, 1.807) is 0 Å². The van der Waals surface area contributed by atoms with Crippen molar-refractivity contribution in [2.45, 2.75) is 71.5 Å². The summed E-state index contributed by atoms with van der Waals surface area (Å²) in [4.78, 5) is 2.76. The Kier molecular flexibility index (Phi) is 6.47. The molecule has 0 aromatic carbocycles. The maximum Gasteiger partial charge on any atom is 0.379 e. The molecule has 0 spiro atoms. The summed E-state index contributed by atoms with van der Waals surface area (Å²) >= 11 is 0. The first kappa shape index (κ1) is 15.8. The van der Waals surface area contributed by atoms with Gasteiger partial charge in [-0.1, -0.05) is 20.3 Å². The Balaban J connectivity index is 0.000000357. The molecule has 1 heterocycles. The van der Waals surface area contributed by atoms with Crippen LogP contribution in [0.2, 0.25) is 0 Å². The Morgan fingerprint density at radius 2 is 1.39 bits per heavy atom. The second kappa shape index (κ2) is 7.37. The van der Waals surface area contributed by atoms with Crippen LogP contribution in [0.15, 0.2) is 0 Å². The van der Waals surface area contributed by atoms with E-state index in [1.165, 1.54) is 58.0 Å². The lowest BCUT2D eigenvalue weighted by Gasteiger charge is -2.41. The molecule has 0 unspecified atom stereocenters. The molecule has 1 saturated heterocycles. The van der Waals surface area contributed by atoms with Crippen LogP contribution < -0.4 is 0 Å². The molecule has 2 rings (SSSR count). The zero-order valence-electron chi connectivity index (χ0n) is 11.6. The summed E-state index contributed by atoms with van der Waals surface area (Å²) < 4.78 is 29.0. The molecule has 0 aromatic heterocycles. The average Bonchev–Trinajstić information content (AvgIpc) is 2.29. The van der Waals surface area contributed by atoms with Gasteiger partial charge in [0.05, 0.1) is 0 Å². The van der Waals surface area contributed by atoms with Crippen LogP contribution in [-0.2, 0) is 0 Å². The van der Waals surface area contributed by atoms with Gasteiger partial charge in [-0.05, 0) is 57.0 Å². The van der Waals surface area contributed by atoms with Crippen LogP contribution in [0.1, 0.15) is 58.8 Å². The second-order valence-corrected chi connectivity index (χ2v) is 6.24. The van der Waals surface area contributed by atoms with Crippen molar-refractivity contribution in [1.82, 2.24) is 4.90 Å². The van der Waals surface area contributed by atoms with Crippen molar-refractivity contribution in [3.8, 4) is 0 Å². The van der Waals surface area contributed by atoms with Gasteiger partial charge in [0.25, 0.3) is 0 Å². The van der Waals surface area contributed by atoms with Crippen LogP contribution in [0, 0.1) is 5.41 Å². The van der Waals surface area contributed by atoms with Crippen molar-refractivity contribution in [3.63, 3.8) is 0 Å². The van der Waals surface area contributed by atoms with Crippen LogP contribution in [-0.4, -0.2) is 30.7 Å². The summed E-state index contributed by atoms with van der Waals surface area (Å²) in [6.45, 7) is 3.95. The number of halogens is 3. The predicted molar refractivity (Wildman–Crippen MR) is 68.6 cm³/mol. The normalized spacial score (nSPS) is 25.7. The maximum absolute atomic E-state index is 9.67. The lowest BCUT2D eigenvalue weighted by atomic mass is 9.75. The summed E-state index contributed by atoms with van der Waals surface area (Å²) in [7, 11) is 0. The number of hydrogen-bond acceptors (Lipinski definition) is 1. The smallest absolute Gasteiger partial charge is 0.300 e. The van der Waals surface area contributed by atoms with E-state index in [9.17, 15) is 13.2 Å². The standard InChI is InChI=1S/C13H25N.CHF3/c1-13(2)8-6-12(7-9-13)14-10-4-3-5-11-14;2-1(3)4/h12H,3-11H2,1-2H3;1H. The van der Waals surface area contributed by atoms with Crippen molar-refractivity contribution in [3.05, 3.63) is 0 Å². The average molecular weight is 265 g/mol. The number of piperidine rings is 1. The minimum atomic E-state index is -3.67. The van der Waals surface area contributed by atoms with Gasteiger partial charge in [0.15, 0.2) is 0 Å². The number of nitrogens with zero attached hydrogens (tertiary/aromatic N) is 1. The minimum Gasteiger partial charge on any atom is -0.300 e. The molecule has 0 aromatic rings. The van der Waals surface area contributed by atoms with Crippen LogP contribution in [0.5, 0.6) is 0 Å². The quantitative estimate of drug-likeness (QED) is 0.668. The third-order valence-corrected chi connectivity index (χ3v) is 4.22. The molecule has 2 fully saturated rings. The molecule has 0 N–H and O–H groups in total. The minimum absolute atomic E-state index is 0.631. The van der Waals surface area contributed by atoms with Gasteiger partial charge in [-0.3, -0.25) is 0 Å². The molecular weight excluding hydrogens is 239 g/mol. The van der Waals surface area contributed by atoms with Crippen molar-refractivity contribution in [2.75, 3.05) is 13.1 Å². The van der Waals surface area contributed by atoms with Gasteiger partial charge >= 0.3 is 6.68 Å². The Labute approximate surface area is 109 Å². The van der Waals surface area contributed by atoms with E-state index in [-0.39, 0.29) is 0 Å². The van der Waals surface area contributed by atoms with E-state index in [4.69, 9.17) is 0 Å². The van der Waals surface area contributed by atoms with Gasteiger partial charge in [0.1, 0.15) is 0 Å². The molecule has 1 nitrogen and oxygen atoms in total. The first-order valence-electron chi connectivity index (χ1n) is 7.07. The monoisotopic (exact) mass is 265 g/mol. The Morgan fingerprint density at radius 1 is 0.944 bits per heavy atom. The summed E-state index contributed by atoms with van der Waals surface area (Å²) in [5.74, 6) is 0. The van der Waals surface area contributed by atoms with E-state index in [0.717, 1.165) is 6.04 Å². The molecular formula is C14H26F3N. The van der Waals surface area contributed by atoms with E-state index < -0.39 is 6.68 Å². The fraction of sp³-hybridized carbons (Fsp3) is 1.00. The zero-order chi connectivity index (χ0) is 13.6. The molecule has 1 aliphatic carbocycles. The zero-order valence-corrected chi connectivity index (χ0v) is 11.6. The number of hydrogen-bond donors (Lipinski definition) is 0. The summed E-state index contributed by atoms with van der Waals surface area (Å²) in [6.07, 6.45) is 10.1. The van der Waals surface area contributed by atoms with Crippen LogP contribution in [0.4, 0.5) is 13.2 Å². The Hall–Kier alpha value is -0.250. The van der Waals surface area contributed by atoms with E-state index >= 15 is 0 Å². The number of alkyl halides is 3. The van der Waals surface area contributed by atoms with Crippen LogP contribution in [0.3, 0.4) is 0 Å². The van der Waals surface area contributed by atoms with E-state index in [1.807, 2.05) is 0 Å². The fourth-order valence-corrected chi connectivity index (χ4v) is 3.03. The summed E-state index contributed by atoms with van der Waals surface area (Å²) in [6, 6.07) is 0.934.